The van der Waals surface area contributed by atoms with Gasteiger partial charge in [0, 0.05) is 44.6 Å². The fourth-order valence-electron chi connectivity index (χ4n) is 4.39. The van der Waals surface area contributed by atoms with E-state index in [1.807, 2.05) is 18.2 Å². The van der Waals surface area contributed by atoms with Crippen molar-refractivity contribution in [1.82, 2.24) is 0 Å². The highest BCUT2D eigenvalue weighted by Gasteiger charge is 2.12. The highest BCUT2D eigenvalue weighted by atomic mass is 15.1. The van der Waals surface area contributed by atoms with Crippen LogP contribution in [0.25, 0.3) is 12.2 Å². The molecule has 4 heteroatoms. The molecule has 33 heavy (non-hydrogen) atoms. The number of benzene rings is 2. The summed E-state index contributed by atoms with van der Waals surface area (Å²) < 4.78 is 0. The fraction of sp³-hybridized carbons (Fsp3) is 0.310. The normalized spacial score (nSPS) is 17.6. The van der Waals surface area contributed by atoms with Gasteiger partial charge >= 0.3 is 0 Å². The van der Waals surface area contributed by atoms with Crippen molar-refractivity contribution >= 4 is 36.0 Å². The Hall–Kier alpha value is -3.40. The van der Waals surface area contributed by atoms with Gasteiger partial charge in [0.1, 0.15) is 0 Å². The van der Waals surface area contributed by atoms with E-state index in [2.05, 4.69) is 87.2 Å². The Kier molecular flexibility index (Phi) is 7.91. The highest BCUT2D eigenvalue weighted by molar-refractivity contribution is 6.07. The molecular formula is C29H34N4. The van der Waals surface area contributed by atoms with Gasteiger partial charge in [0.05, 0.1) is 11.4 Å². The van der Waals surface area contributed by atoms with Gasteiger partial charge in [-0.25, -0.2) is 0 Å². The Labute approximate surface area is 198 Å². The molecule has 0 unspecified atom stereocenters. The maximum absolute atomic E-state index is 4.40. The molecule has 4 nitrogen and oxygen atoms in total. The van der Waals surface area contributed by atoms with Gasteiger partial charge in [0.15, 0.2) is 0 Å². The van der Waals surface area contributed by atoms with Crippen LogP contribution in [0.1, 0.15) is 36.8 Å². The monoisotopic (exact) mass is 438 g/mol. The third kappa shape index (κ3) is 6.32. The smallest absolute Gasteiger partial charge is 0.0643 e. The summed E-state index contributed by atoms with van der Waals surface area (Å²) in [5.74, 6) is 0. The summed E-state index contributed by atoms with van der Waals surface area (Å²) >= 11 is 0. The summed E-state index contributed by atoms with van der Waals surface area (Å²) in [7, 11) is 1.80. The molecule has 2 aromatic rings. The standard InChI is InChI=1S/C29H34N4/c1-30-26(13-7-24-9-15-28(16-10-24)32-19-3-4-20-32)23-27(31-2)14-8-25-11-17-29(18-12-25)33-21-5-6-22-33/h7-18,23H,1,3-6,19-22H2,2H3/b13-7+,14-8+,26-23-,31-27?. The largest absolute Gasteiger partial charge is 0.372 e. The first-order chi connectivity index (χ1) is 16.2. The Morgan fingerprint density at radius 3 is 1.61 bits per heavy atom. The van der Waals surface area contributed by atoms with E-state index in [9.17, 15) is 0 Å². The fourth-order valence-corrected chi connectivity index (χ4v) is 4.39. The van der Waals surface area contributed by atoms with Crippen LogP contribution in [0.3, 0.4) is 0 Å². The number of aliphatic imine (C=N–C) groups is 2. The predicted molar refractivity (Wildman–Crippen MR) is 145 cm³/mol. The molecule has 0 N–H and O–H groups in total. The van der Waals surface area contributed by atoms with Crippen LogP contribution in [-0.4, -0.2) is 45.7 Å². The van der Waals surface area contributed by atoms with Crippen molar-refractivity contribution in [2.45, 2.75) is 25.7 Å². The van der Waals surface area contributed by atoms with Crippen molar-refractivity contribution < 1.29 is 0 Å². The second-order valence-electron chi connectivity index (χ2n) is 8.61. The summed E-state index contributed by atoms with van der Waals surface area (Å²) in [4.78, 5) is 13.5. The van der Waals surface area contributed by atoms with Crippen molar-refractivity contribution in [2.75, 3.05) is 43.0 Å². The molecule has 170 valence electrons. The molecule has 2 heterocycles. The van der Waals surface area contributed by atoms with Crippen LogP contribution in [0.4, 0.5) is 11.4 Å². The van der Waals surface area contributed by atoms with Crippen LogP contribution >= 0.6 is 0 Å². The van der Waals surface area contributed by atoms with E-state index in [0.717, 1.165) is 35.6 Å². The van der Waals surface area contributed by atoms with Gasteiger partial charge in [-0.3, -0.25) is 9.98 Å². The minimum atomic E-state index is 0.785. The summed E-state index contributed by atoms with van der Waals surface area (Å²) in [6, 6.07) is 17.5. The second kappa shape index (κ2) is 11.5. The minimum Gasteiger partial charge on any atom is -0.372 e. The molecule has 2 aliphatic rings. The number of rotatable bonds is 8. The average molecular weight is 439 g/mol. The van der Waals surface area contributed by atoms with E-state index in [1.165, 1.54) is 50.1 Å². The lowest BCUT2D eigenvalue weighted by molar-refractivity contribution is 0.949. The third-order valence-corrected chi connectivity index (χ3v) is 6.36. The quantitative estimate of drug-likeness (QED) is 0.359. The van der Waals surface area contributed by atoms with Gasteiger partial charge in [-0.15, -0.1) is 0 Å². The van der Waals surface area contributed by atoms with Crippen LogP contribution in [0.15, 0.2) is 82.4 Å². The Morgan fingerprint density at radius 1 is 0.727 bits per heavy atom. The summed E-state index contributed by atoms with van der Waals surface area (Å²) in [6.45, 7) is 8.40. The van der Waals surface area contributed by atoms with Crippen LogP contribution in [0.5, 0.6) is 0 Å². The number of hydrogen-bond donors (Lipinski definition) is 0. The zero-order chi connectivity index (χ0) is 22.9. The molecular weight excluding hydrogens is 404 g/mol. The zero-order valence-electron chi connectivity index (χ0n) is 19.7. The summed E-state index contributed by atoms with van der Waals surface area (Å²) in [5.41, 5.74) is 6.57. The molecule has 2 aromatic carbocycles. The maximum Gasteiger partial charge on any atom is 0.0643 e. The van der Waals surface area contributed by atoms with Crippen molar-refractivity contribution in [3.8, 4) is 0 Å². The van der Waals surface area contributed by atoms with Crippen molar-refractivity contribution in [3.05, 3.63) is 83.6 Å². The van der Waals surface area contributed by atoms with Crippen molar-refractivity contribution in [2.24, 2.45) is 9.98 Å². The molecule has 0 radical (unpaired) electrons. The first-order valence-corrected chi connectivity index (χ1v) is 12.0. The summed E-state index contributed by atoms with van der Waals surface area (Å²) in [5, 5.41) is 0. The Morgan fingerprint density at radius 2 is 1.18 bits per heavy atom. The van der Waals surface area contributed by atoms with Gasteiger partial charge in [-0.05, 0) is 86.0 Å². The molecule has 0 atom stereocenters. The van der Waals surface area contributed by atoms with E-state index in [1.54, 1.807) is 7.05 Å². The van der Waals surface area contributed by atoms with Crippen LogP contribution in [0.2, 0.25) is 0 Å². The molecule has 0 spiro atoms. The van der Waals surface area contributed by atoms with Crippen molar-refractivity contribution in [3.63, 3.8) is 0 Å². The molecule has 0 aromatic heterocycles. The lowest BCUT2D eigenvalue weighted by Crippen LogP contribution is -2.17. The zero-order valence-corrected chi connectivity index (χ0v) is 19.7. The second-order valence-corrected chi connectivity index (χ2v) is 8.61. The first kappa shape index (κ1) is 22.8. The molecule has 2 fully saturated rings. The van der Waals surface area contributed by atoms with Crippen LogP contribution in [0, 0.1) is 0 Å². The number of nitrogens with zero attached hydrogens (tertiary/aromatic N) is 4. The maximum atomic E-state index is 4.40. The molecule has 2 saturated heterocycles. The first-order valence-electron chi connectivity index (χ1n) is 12.0. The predicted octanol–water partition coefficient (Wildman–Crippen LogP) is 6.27. The lowest BCUT2D eigenvalue weighted by Gasteiger charge is -2.17. The molecule has 0 amide bonds. The molecule has 0 bridgehead atoms. The Bertz CT molecular complexity index is 1030. The van der Waals surface area contributed by atoms with Crippen LogP contribution in [-0.2, 0) is 0 Å². The molecule has 0 aliphatic carbocycles. The Balaban J connectivity index is 1.38. The number of anilines is 2. The van der Waals surface area contributed by atoms with Crippen molar-refractivity contribution in [1.29, 1.82) is 0 Å². The van der Waals surface area contributed by atoms with Gasteiger partial charge in [0.25, 0.3) is 0 Å². The minimum absolute atomic E-state index is 0.785. The van der Waals surface area contributed by atoms with Gasteiger partial charge in [-0.2, -0.15) is 0 Å². The van der Waals surface area contributed by atoms with E-state index >= 15 is 0 Å². The van der Waals surface area contributed by atoms with E-state index in [0.29, 0.717) is 0 Å². The topological polar surface area (TPSA) is 31.2 Å². The lowest BCUT2D eigenvalue weighted by atomic mass is 10.1. The number of allylic oxidation sites excluding steroid dienone is 3. The molecule has 0 saturated carbocycles. The van der Waals surface area contributed by atoms with Gasteiger partial charge < -0.3 is 9.80 Å². The third-order valence-electron chi connectivity index (χ3n) is 6.36. The molecule has 4 rings (SSSR count). The van der Waals surface area contributed by atoms with E-state index in [-0.39, 0.29) is 0 Å². The van der Waals surface area contributed by atoms with Gasteiger partial charge in [-0.1, -0.05) is 36.4 Å². The summed E-state index contributed by atoms with van der Waals surface area (Å²) in [6.07, 6.45) is 15.3. The molecule has 2 aliphatic heterocycles. The number of hydrogen-bond acceptors (Lipinski definition) is 4. The van der Waals surface area contributed by atoms with Gasteiger partial charge in [0.2, 0.25) is 0 Å². The van der Waals surface area contributed by atoms with E-state index in [4.69, 9.17) is 0 Å². The average Bonchev–Trinajstić information content (AvgIpc) is 3.59. The van der Waals surface area contributed by atoms with Crippen LogP contribution < -0.4 is 9.80 Å². The SMILES string of the molecule is C=NC(=C\C(/C=C/c1ccc(N2CCCC2)cc1)=NC)/C=C/c1ccc(N2CCCC2)cc1. The van der Waals surface area contributed by atoms with E-state index < -0.39 is 0 Å². The highest BCUT2D eigenvalue weighted by Crippen LogP contribution is 2.22.